The van der Waals surface area contributed by atoms with Crippen molar-refractivity contribution in [3.8, 4) is 0 Å². The first-order chi connectivity index (χ1) is 36.1. The summed E-state index contributed by atoms with van der Waals surface area (Å²) in [5, 5.41) is 62.3. The third-order valence-electron chi connectivity index (χ3n) is 11.6. The summed E-state index contributed by atoms with van der Waals surface area (Å²) < 4.78 is 10.6. The SMILES string of the molecule is C[As](O)c1ccc(NC(=O)CSCC(NC(=O)CCC(NC(=O)CCCCCNC(=O)CCCCCNC(=O)CN2CCN(CC(=O)O)CCN(CC(=O)O)CCN(CC(=O)O)CC2)C(=O)O)C(=O)NCC(=O)O)cc1. The third-order valence-corrected chi connectivity index (χ3v) is 14.8. The normalized spacial score (nSPS) is 15.3. The van der Waals surface area contributed by atoms with Gasteiger partial charge in [-0.05, 0) is 32.1 Å². The van der Waals surface area contributed by atoms with Crippen LogP contribution in [-0.2, 0) is 52.7 Å². The van der Waals surface area contributed by atoms with Crippen LogP contribution in [0, 0.1) is 0 Å². The van der Waals surface area contributed by atoms with Gasteiger partial charge in [0, 0.05) is 84.7 Å². The molecule has 29 heteroatoms. The van der Waals surface area contributed by atoms with Gasteiger partial charge in [0.15, 0.2) is 0 Å². The topological polar surface area (TPSA) is 394 Å². The van der Waals surface area contributed by atoms with Crippen molar-refractivity contribution in [2.75, 3.05) is 115 Å². The van der Waals surface area contributed by atoms with Crippen LogP contribution < -0.4 is 36.3 Å². The fourth-order valence-corrected chi connectivity index (χ4v) is 9.59. The molecule has 76 heavy (non-hydrogen) atoms. The van der Waals surface area contributed by atoms with Gasteiger partial charge in [0.05, 0.1) is 26.2 Å². The number of amides is 6. The van der Waals surface area contributed by atoms with Gasteiger partial charge in [-0.15, -0.1) is 0 Å². The predicted octanol–water partition coefficient (Wildman–Crippen LogP) is -2.96. The number of carbonyl (C=O) groups is 11. The molecule has 0 spiro atoms. The van der Waals surface area contributed by atoms with Crippen molar-refractivity contribution in [2.45, 2.75) is 82.0 Å². The molecule has 2 rings (SSSR count). The van der Waals surface area contributed by atoms with Crippen molar-refractivity contribution in [2.24, 2.45) is 0 Å². The molecule has 0 aliphatic carbocycles. The Morgan fingerprint density at radius 1 is 0.526 bits per heavy atom. The Hall–Kier alpha value is -5.90. The second kappa shape index (κ2) is 37.8. The van der Waals surface area contributed by atoms with Gasteiger partial charge < -0.3 is 41.5 Å². The average molecular weight is 1160 g/mol. The van der Waals surface area contributed by atoms with Gasteiger partial charge in [0.25, 0.3) is 0 Å². The van der Waals surface area contributed by atoms with E-state index >= 15 is 0 Å². The summed E-state index contributed by atoms with van der Waals surface area (Å²) >= 11 is -1.09. The molecule has 1 saturated heterocycles. The molecule has 12 N–H and O–H groups in total. The van der Waals surface area contributed by atoms with Gasteiger partial charge in [0.1, 0.15) is 12.6 Å². The molecule has 0 aromatic heterocycles. The molecule has 426 valence electrons. The van der Waals surface area contributed by atoms with Crippen LogP contribution in [0.15, 0.2) is 24.3 Å². The monoisotopic (exact) mass is 1160 g/mol. The molecule has 0 saturated carbocycles. The number of hydrogen-bond donors (Lipinski definition) is 12. The fourth-order valence-electron chi connectivity index (χ4n) is 7.52. The number of unbranched alkanes of at least 4 members (excludes halogenated alkanes) is 4. The van der Waals surface area contributed by atoms with Crippen molar-refractivity contribution in [3.63, 3.8) is 0 Å². The first-order valence-electron chi connectivity index (χ1n) is 24.9. The first kappa shape index (κ1) is 66.2. The molecule has 6 amide bonds. The van der Waals surface area contributed by atoms with Crippen molar-refractivity contribution < 1.29 is 82.4 Å². The number of hydrogen-bond acceptors (Lipinski definition) is 17. The Labute approximate surface area is 450 Å². The van der Waals surface area contributed by atoms with E-state index in [2.05, 4.69) is 31.9 Å². The second-order valence-corrected chi connectivity index (χ2v) is 22.3. The minimum atomic E-state index is -2.08. The van der Waals surface area contributed by atoms with Crippen LogP contribution >= 0.6 is 11.8 Å². The van der Waals surface area contributed by atoms with Gasteiger partial charge in [-0.25, -0.2) is 4.79 Å². The Kier molecular flexibility index (Phi) is 32.9. The molecule has 27 nitrogen and oxygen atoms in total. The van der Waals surface area contributed by atoms with Crippen LogP contribution in [0.5, 0.6) is 0 Å². The molecule has 3 atom stereocenters. The first-order valence-corrected chi connectivity index (χ1v) is 29.7. The Bertz CT molecular complexity index is 2040. The zero-order chi connectivity index (χ0) is 56.4. The van der Waals surface area contributed by atoms with Crippen LogP contribution in [0.4, 0.5) is 5.69 Å². The Morgan fingerprint density at radius 3 is 1.43 bits per heavy atom. The average Bonchev–Trinajstić information content (AvgIpc) is 3.34. The summed E-state index contributed by atoms with van der Waals surface area (Å²) in [6.45, 7) is 1.40. The Morgan fingerprint density at radius 2 is 0.974 bits per heavy atom. The maximum atomic E-state index is 12.9. The number of thioether (sulfide) groups is 1. The van der Waals surface area contributed by atoms with Gasteiger partial charge in [0.2, 0.25) is 17.7 Å². The molecule has 1 aromatic carbocycles. The number of nitrogens with one attached hydrogen (secondary N) is 6. The summed E-state index contributed by atoms with van der Waals surface area (Å²) in [6.07, 6.45) is 2.81. The molecule has 3 unspecified atom stereocenters. The molecule has 1 aliphatic heterocycles. The van der Waals surface area contributed by atoms with Gasteiger partial charge >= 0.3 is 162 Å². The van der Waals surface area contributed by atoms with E-state index in [1.54, 1.807) is 44.7 Å². The number of rotatable bonds is 35. The van der Waals surface area contributed by atoms with Gasteiger partial charge in [-0.1, -0.05) is 12.8 Å². The molecule has 1 aliphatic rings. The van der Waals surface area contributed by atoms with E-state index < -0.39 is 93.5 Å². The zero-order valence-electron chi connectivity index (χ0n) is 42.9. The van der Waals surface area contributed by atoms with Crippen LogP contribution in [0.1, 0.15) is 64.2 Å². The van der Waals surface area contributed by atoms with E-state index in [0.29, 0.717) is 70.4 Å². The summed E-state index contributed by atoms with van der Waals surface area (Å²) in [5.74, 6) is -9.11. The molecule has 1 aromatic rings. The summed E-state index contributed by atoms with van der Waals surface area (Å²) in [7, 11) is 0. The summed E-state index contributed by atoms with van der Waals surface area (Å²) in [4.78, 5) is 140. The molecule has 1 fully saturated rings. The third kappa shape index (κ3) is 31.9. The minimum absolute atomic E-state index is 0.00783. The van der Waals surface area contributed by atoms with E-state index in [4.69, 9.17) is 5.11 Å². The number of carbonyl (C=O) groups excluding carboxylic acids is 6. The molecular weight excluding hydrogens is 1080 g/mol. The van der Waals surface area contributed by atoms with Crippen LogP contribution in [-0.4, -0.2) is 251 Å². The quantitative estimate of drug-likeness (QED) is 0.0239. The van der Waals surface area contributed by atoms with Crippen LogP contribution in [0.2, 0.25) is 5.71 Å². The second-order valence-electron chi connectivity index (χ2n) is 18.0. The van der Waals surface area contributed by atoms with Crippen LogP contribution in [0.25, 0.3) is 0 Å². The van der Waals surface area contributed by atoms with Crippen LogP contribution in [0.3, 0.4) is 0 Å². The number of aliphatic carboxylic acids is 5. The fraction of sp³-hybridized carbons (Fsp3) is 0.638. The van der Waals surface area contributed by atoms with Crippen molar-refractivity contribution in [1.82, 2.24) is 46.2 Å². The van der Waals surface area contributed by atoms with Gasteiger partial charge in [-0.2, -0.15) is 0 Å². The van der Waals surface area contributed by atoms with Crippen molar-refractivity contribution in [1.29, 1.82) is 0 Å². The predicted molar refractivity (Wildman–Crippen MR) is 279 cm³/mol. The molecule has 0 bridgehead atoms. The zero-order valence-corrected chi connectivity index (χ0v) is 45.6. The number of benzene rings is 1. The molecule has 0 radical (unpaired) electrons. The van der Waals surface area contributed by atoms with E-state index in [1.165, 1.54) is 0 Å². The summed E-state index contributed by atoms with van der Waals surface area (Å²) in [6, 6.07) is 4.01. The number of carboxylic acid groups (broad SMARTS) is 5. The summed E-state index contributed by atoms with van der Waals surface area (Å²) in [5.41, 5.74) is 2.23. The van der Waals surface area contributed by atoms with Gasteiger partial charge in [-0.3, -0.25) is 58.0 Å². The maximum absolute atomic E-state index is 12.9. The van der Waals surface area contributed by atoms with E-state index in [1.807, 2.05) is 4.90 Å². The molecular formula is C47H75AsN10O17S. The molecule has 1 heterocycles. The van der Waals surface area contributed by atoms with Crippen molar-refractivity contribution >= 4 is 102 Å². The number of nitrogens with zero attached hydrogens (tertiary/aromatic N) is 4. The van der Waals surface area contributed by atoms with E-state index in [0.717, 1.165) is 16.1 Å². The number of anilines is 1. The van der Waals surface area contributed by atoms with E-state index in [9.17, 15) is 77.3 Å². The van der Waals surface area contributed by atoms with Crippen molar-refractivity contribution in [3.05, 3.63) is 24.3 Å². The Balaban J connectivity index is 1.68. The number of carboxylic acids is 5. The van der Waals surface area contributed by atoms with E-state index in [-0.39, 0.29) is 108 Å². The standard InChI is InChI=1S/C47H75AsN10O17S/c1-48(75)33-10-12-34(13-11-33)52-41(63)32-76-31-36(46(72)51-26-42(64)65)54-39(61)15-14-35(47(73)74)53-38(60)9-5-3-6-16-49-37(59)8-4-2-7-17-50-40(62)27-55-18-20-56(28-43(66)67)22-24-58(30-45(70)71)25-23-57(21-19-55)29-44(68)69/h10-13,35-36,75H,2-9,14-32H2,1H3,(H,49,59)(H,50,62)(H,51,72)(H,52,63)(H,53,60)(H,54,61)(H,64,65)(H,66,67)(H,68,69)(H,70,71)(H,73,74).